The molecule has 5 nitrogen and oxygen atoms in total. The number of hydrogen-bond acceptors (Lipinski definition) is 4. The van der Waals surface area contributed by atoms with E-state index in [1.165, 1.54) is 30.5 Å². The summed E-state index contributed by atoms with van der Waals surface area (Å²) in [6.45, 7) is 1.94. The predicted molar refractivity (Wildman–Crippen MR) is 78.6 cm³/mol. The lowest BCUT2D eigenvalue weighted by atomic mass is 10.2. The predicted octanol–water partition coefficient (Wildman–Crippen LogP) is 2.64. The molecule has 1 atom stereocenters. The van der Waals surface area contributed by atoms with Crippen molar-refractivity contribution >= 4 is 15.6 Å². The summed E-state index contributed by atoms with van der Waals surface area (Å²) in [6, 6.07) is 5.39. The summed E-state index contributed by atoms with van der Waals surface area (Å²) in [4.78, 5) is 1.93. The molecule has 1 N–H and O–H groups in total. The molecule has 130 valence electrons. The summed E-state index contributed by atoms with van der Waals surface area (Å²) in [5, 5.41) is 0. The number of piperazine rings is 1. The zero-order valence-electron chi connectivity index (χ0n) is 12.3. The van der Waals surface area contributed by atoms with E-state index in [0.29, 0.717) is 31.9 Å². The monoisotopic (exact) mass is 355 g/mol. The van der Waals surface area contributed by atoms with Crippen LogP contribution in [-0.4, -0.2) is 53.5 Å². The highest BCUT2D eigenvalue weighted by Crippen LogP contribution is 2.29. The van der Waals surface area contributed by atoms with Gasteiger partial charge in [-0.3, -0.25) is 0 Å². The Balaban J connectivity index is 1.99. The maximum Gasteiger partial charge on any atom is 0.461 e. The fourth-order valence-electron chi connectivity index (χ4n) is 2.22. The van der Waals surface area contributed by atoms with E-state index in [9.17, 15) is 21.8 Å². The van der Waals surface area contributed by atoms with Gasteiger partial charge in [-0.05, 0) is 24.3 Å². The lowest BCUT2D eigenvalue weighted by Crippen LogP contribution is -2.48. The van der Waals surface area contributed by atoms with Crippen molar-refractivity contribution in [3.05, 3.63) is 24.3 Å². The van der Waals surface area contributed by atoms with Gasteiger partial charge in [0.25, 0.3) is 0 Å². The van der Waals surface area contributed by atoms with Crippen molar-refractivity contribution in [1.29, 1.82) is 4.78 Å². The summed E-state index contributed by atoms with van der Waals surface area (Å²) >= 11 is 0. The number of hydrogen-bond donors (Lipinski definition) is 1. The van der Waals surface area contributed by atoms with E-state index >= 15 is 0 Å². The minimum atomic E-state index is -4.53. The highest BCUT2D eigenvalue weighted by Gasteiger charge is 2.43. The second kappa shape index (κ2) is 6.52. The Morgan fingerprint density at radius 2 is 1.70 bits per heavy atom. The zero-order valence-corrected chi connectivity index (χ0v) is 13.2. The van der Waals surface area contributed by atoms with Crippen LogP contribution < -0.4 is 9.64 Å². The Morgan fingerprint density at radius 3 is 2.13 bits per heavy atom. The van der Waals surface area contributed by atoms with Crippen LogP contribution in [-0.2, 0) is 9.92 Å². The van der Waals surface area contributed by atoms with Crippen LogP contribution in [0.3, 0.4) is 0 Å². The van der Waals surface area contributed by atoms with Gasteiger partial charge >= 0.3 is 12.5 Å². The van der Waals surface area contributed by atoms with E-state index in [0.717, 1.165) is 0 Å². The normalized spacial score (nSPS) is 19.7. The van der Waals surface area contributed by atoms with Crippen molar-refractivity contribution in [2.24, 2.45) is 0 Å². The third-order valence-corrected chi connectivity index (χ3v) is 4.79. The topological polar surface area (TPSA) is 56.6 Å². The number of ether oxygens (including phenoxy) is 1. The first-order valence-electron chi connectivity index (χ1n) is 6.78. The number of nitrogens with one attached hydrogen (secondary N) is 1. The van der Waals surface area contributed by atoms with Crippen molar-refractivity contribution in [2.45, 2.75) is 12.5 Å². The first-order chi connectivity index (χ1) is 10.6. The van der Waals surface area contributed by atoms with Gasteiger partial charge in [-0.1, -0.05) is 0 Å². The van der Waals surface area contributed by atoms with Crippen LogP contribution in [0.2, 0.25) is 0 Å². The van der Waals surface area contributed by atoms with Crippen LogP contribution in [0.25, 0.3) is 0 Å². The van der Waals surface area contributed by atoms with Crippen LogP contribution >= 0.6 is 0 Å². The summed E-state index contributed by atoms with van der Waals surface area (Å²) in [7, 11) is -2.73. The van der Waals surface area contributed by atoms with E-state index in [1.807, 2.05) is 4.90 Å². The van der Waals surface area contributed by atoms with Gasteiger partial charge in [0.15, 0.2) is 0 Å². The van der Waals surface area contributed by atoms with E-state index in [1.54, 1.807) is 4.31 Å². The van der Waals surface area contributed by atoms with Crippen molar-refractivity contribution in [3.63, 3.8) is 0 Å². The lowest BCUT2D eigenvalue weighted by Gasteiger charge is -2.35. The number of rotatable bonds is 5. The average Bonchev–Trinajstić information content (AvgIpc) is 2.47. The highest BCUT2D eigenvalue weighted by atomic mass is 32.2. The van der Waals surface area contributed by atoms with E-state index in [4.69, 9.17) is 4.78 Å². The standard InChI is InChI=1S/C13H17F4N3O2S/c1-23(18,21)20-8-6-19(7-9-20)10-2-4-11(5-3-10)22-13(16,17)12(14)15/h2-5,12,18H,6-9H2,1H3. The number of anilines is 1. The van der Waals surface area contributed by atoms with Crippen LogP contribution in [0.5, 0.6) is 5.75 Å². The lowest BCUT2D eigenvalue weighted by molar-refractivity contribution is -0.253. The molecule has 1 aromatic rings. The Hall–Kier alpha value is -1.55. The molecule has 1 aliphatic rings. The highest BCUT2D eigenvalue weighted by molar-refractivity contribution is 7.89. The van der Waals surface area contributed by atoms with Crippen LogP contribution in [0.4, 0.5) is 23.2 Å². The van der Waals surface area contributed by atoms with Crippen molar-refractivity contribution in [3.8, 4) is 5.75 Å². The van der Waals surface area contributed by atoms with Crippen LogP contribution in [0, 0.1) is 4.78 Å². The molecule has 23 heavy (non-hydrogen) atoms. The molecule has 1 unspecified atom stereocenters. The van der Waals surface area contributed by atoms with Gasteiger partial charge in [0, 0.05) is 38.1 Å². The number of halogens is 4. The molecule has 0 amide bonds. The van der Waals surface area contributed by atoms with Gasteiger partial charge in [-0.25, -0.2) is 13.3 Å². The van der Waals surface area contributed by atoms with Crippen molar-refractivity contribution < 1.29 is 26.5 Å². The first kappa shape index (κ1) is 17.8. The van der Waals surface area contributed by atoms with E-state index < -0.39 is 22.4 Å². The summed E-state index contributed by atoms with van der Waals surface area (Å²) in [6.07, 6.45) is -7.07. The van der Waals surface area contributed by atoms with Gasteiger partial charge in [0.2, 0.25) is 0 Å². The molecule has 2 rings (SSSR count). The van der Waals surface area contributed by atoms with Crippen molar-refractivity contribution in [2.75, 3.05) is 37.3 Å². The SMILES string of the molecule is CS(=N)(=O)N1CCN(c2ccc(OC(F)(F)C(F)F)cc2)CC1. The van der Waals surface area contributed by atoms with Crippen LogP contribution in [0.1, 0.15) is 0 Å². The number of alkyl halides is 4. The fraction of sp³-hybridized carbons (Fsp3) is 0.538. The Morgan fingerprint density at radius 1 is 1.17 bits per heavy atom. The second-order valence-electron chi connectivity index (χ2n) is 5.18. The fourth-order valence-corrected chi connectivity index (χ4v) is 3.08. The molecular weight excluding hydrogens is 338 g/mol. The molecule has 1 aliphatic heterocycles. The largest absolute Gasteiger partial charge is 0.461 e. The van der Waals surface area contributed by atoms with Gasteiger partial charge in [0.1, 0.15) is 15.7 Å². The summed E-state index contributed by atoms with van der Waals surface area (Å²) in [5.41, 5.74) is 0.713. The third kappa shape index (κ3) is 4.47. The Kier molecular flexibility index (Phi) is 5.04. The Bertz CT molecular complexity index is 629. The average molecular weight is 355 g/mol. The van der Waals surface area contributed by atoms with E-state index in [-0.39, 0.29) is 5.75 Å². The van der Waals surface area contributed by atoms with Gasteiger partial charge in [-0.2, -0.15) is 17.6 Å². The molecular formula is C13H17F4N3O2S. The van der Waals surface area contributed by atoms with Gasteiger partial charge in [-0.15, -0.1) is 0 Å². The second-order valence-corrected chi connectivity index (χ2v) is 7.30. The van der Waals surface area contributed by atoms with Gasteiger partial charge < -0.3 is 9.64 Å². The smallest absolute Gasteiger partial charge is 0.428 e. The minimum Gasteiger partial charge on any atom is -0.428 e. The molecule has 0 aromatic heterocycles. The molecule has 0 saturated carbocycles. The Labute approximate surface area is 131 Å². The molecule has 0 bridgehead atoms. The molecule has 0 radical (unpaired) electrons. The molecule has 0 spiro atoms. The van der Waals surface area contributed by atoms with Gasteiger partial charge in [0.05, 0.1) is 0 Å². The minimum absolute atomic E-state index is 0.347. The quantitative estimate of drug-likeness (QED) is 0.826. The molecule has 1 heterocycles. The number of nitrogens with zero attached hydrogens (tertiary/aromatic N) is 2. The third-order valence-electron chi connectivity index (χ3n) is 3.44. The maximum absolute atomic E-state index is 12.8. The van der Waals surface area contributed by atoms with E-state index in [2.05, 4.69) is 4.74 Å². The number of benzene rings is 1. The zero-order chi connectivity index (χ0) is 17.3. The molecule has 1 fully saturated rings. The summed E-state index contributed by atoms with van der Waals surface area (Å²) in [5.74, 6) is -0.347. The first-order valence-corrected chi connectivity index (χ1v) is 8.71. The molecule has 10 heteroatoms. The van der Waals surface area contributed by atoms with Crippen molar-refractivity contribution in [1.82, 2.24) is 4.31 Å². The molecule has 1 aromatic carbocycles. The molecule has 1 saturated heterocycles. The maximum atomic E-state index is 12.8. The van der Waals surface area contributed by atoms with Crippen LogP contribution in [0.15, 0.2) is 24.3 Å². The molecule has 0 aliphatic carbocycles. The summed E-state index contributed by atoms with van der Waals surface area (Å²) < 4.78 is 74.5.